The van der Waals surface area contributed by atoms with E-state index < -0.39 is 17.7 Å². The van der Waals surface area contributed by atoms with Gasteiger partial charge in [0.25, 0.3) is 0 Å². The Morgan fingerprint density at radius 1 is 1.07 bits per heavy atom. The van der Waals surface area contributed by atoms with E-state index in [0.717, 1.165) is 28.1 Å². The van der Waals surface area contributed by atoms with Crippen molar-refractivity contribution < 1.29 is 14.3 Å². The van der Waals surface area contributed by atoms with Gasteiger partial charge in [0, 0.05) is 12.1 Å². The van der Waals surface area contributed by atoms with Crippen molar-refractivity contribution in [2.75, 3.05) is 10.2 Å². The van der Waals surface area contributed by atoms with Gasteiger partial charge in [-0.15, -0.1) is 0 Å². The van der Waals surface area contributed by atoms with Gasteiger partial charge in [0.1, 0.15) is 11.6 Å². The monoisotopic (exact) mass is 366 g/mol. The van der Waals surface area contributed by atoms with Gasteiger partial charge in [-0.2, -0.15) is 0 Å². The van der Waals surface area contributed by atoms with Crippen molar-refractivity contribution in [3.8, 4) is 0 Å². The van der Waals surface area contributed by atoms with E-state index in [1.165, 1.54) is 4.90 Å². The largest absolute Gasteiger partial charge is 0.443 e. The minimum absolute atomic E-state index is 0.222. The number of benzene rings is 2. The van der Waals surface area contributed by atoms with E-state index in [-0.39, 0.29) is 5.91 Å². The number of carbonyl (C=O) groups is 2. The van der Waals surface area contributed by atoms with Crippen LogP contribution in [0.15, 0.2) is 42.5 Å². The van der Waals surface area contributed by atoms with Crippen LogP contribution in [0, 0.1) is 13.8 Å². The molecule has 142 valence electrons. The highest BCUT2D eigenvalue weighted by Crippen LogP contribution is 2.34. The Balaban J connectivity index is 1.87. The number of fused-ring (bicyclic) bond motifs is 1. The number of para-hydroxylation sites is 1. The fourth-order valence-electron chi connectivity index (χ4n) is 3.18. The normalized spacial score (nSPS) is 16.0. The number of nitrogens with zero attached hydrogens (tertiary/aromatic N) is 1. The number of ether oxygens (including phenoxy) is 1. The zero-order chi connectivity index (χ0) is 19.8. The summed E-state index contributed by atoms with van der Waals surface area (Å²) in [5.41, 5.74) is 4.05. The lowest BCUT2D eigenvalue weighted by Crippen LogP contribution is -2.47. The van der Waals surface area contributed by atoms with Crippen molar-refractivity contribution in [1.29, 1.82) is 0 Å². The number of aryl methyl sites for hydroxylation is 2. The smallest absolute Gasteiger partial charge is 0.415 e. The molecule has 1 unspecified atom stereocenters. The van der Waals surface area contributed by atoms with Crippen LogP contribution in [0.1, 0.15) is 37.5 Å². The highest BCUT2D eigenvalue weighted by molar-refractivity contribution is 6.05. The van der Waals surface area contributed by atoms with Crippen LogP contribution in [-0.4, -0.2) is 23.6 Å². The van der Waals surface area contributed by atoms with Crippen LogP contribution >= 0.6 is 0 Å². The third kappa shape index (κ3) is 4.13. The van der Waals surface area contributed by atoms with Gasteiger partial charge in [0.2, 0.25) is 5.91 Å². The number of anilines is 2. The second-order valence-corrected chi connectivity index (χ2v) is 7.99. The number of hydrogen-bond acceptors (Lipinski definition) is 3. The maximum absolute atomic E-state index is 13.0. The molecule has 5 nitrogen and oxygen atoms in total. The lowest BCUT2D eigenvalue weighted by Gasteiger charge is -2.28. The Morgan fingerprint density at radius 2 is 1.78 bits per heavy atom. The number of hydrogen-bond donors (Lipinski definition) is 1. The molecule has 2 aromatic rings. The lowest BCUT2D eigenvalue weighted by molar-refractivity contribution is -0.117. The van der Waals surface area contributed by atoms with Crippen molar-refractivity contribution in [1.82, 2.24) is 0 Å². The molecule has 27 heavy (non-hydrogen) atoms. The van der Waals surface area contributed by atoms with Gasteiger partial charge < -0.3 is 10.1 Å². The molecule has 0 aromatic heterocycles. The number of nitrogens with one attached hydrogen (secondary N) is 1. The summed E-state index contributed by atoms with van der Waals surface area (Å²) in [6.07, 6.45) is -0.0424. The zero-order valence-corrected chi connectivity index (χ0v) is 16.5. The molecule has 0 radical (unpaired) electrons. The molecular weight excluding hydrogens is 340 g/mol. The predicted octanol–water partition coefficient (Wildman–Crippen LogP) is 4.61. The van der Waals surface area contributed by atoms with Gasteiger partial charge in [0.15, 0.2) is 0 Å². The summed E-state index contributed by atoms with van der Waals surface area (Å²) in [5, 5.41) is 2.95. The Hall–Kier alpha value is -2.82. The van der Waals surface area contributed by atoms with Crippen molar-refractivity contribution in [2.24, 2.45) is 0 Å². The molecule has 1 atom stereocenters. The van der Waals surface area contributed by atoms with Crippen LogP contribution in [-0.2, 0) is 16.0 Å². The molecule has 0 spiro atoms. The Labute approximate surface area is 160 Å². The molecule has 0 aliphatic carbocycles. The van der Waals surface area contributed by atoms with E-state index in [4.69, 9.17) is 4.74 Å². The van der Waals surface area contributed by atoms with Crippen LogP contribution in [0.3, 0.4) is 0 Å². The third-order valence-corrected chi connectivity index (χ3v) is 4.64. The highest BCUT2D eigenvalue weighted by atomic mass is 16.6. The molecule has 1 heterocycles. The van der Waals surface area contributed by atoms with E-state index in [0.29, 0.717) is 6.42 Å². The molecule has 1 aliphatic rings. The second kappa shape index (κ2) is 7.06. The van der Waals surface area contributed by atoms with Crippen LogP contribution in [0.2, 0.25) is 0 Å². The first-order valence-electron chi connectivity index (χ1n) is 9.14. The second-order valence-electron chi connectivity index (χ2n) is 7.99. The van der Waals surface area contributed by atoms with Crippen molar-refractivity contribution >= 4 is 23.4 Å². The molecule has 0 saturated heterocycles. The number of amides is 2. The minimum Gasteiger partial charge on any atom is -0.443 e. The highest BCUT2D eigenvalue weighted by Gasteiger charge is 2.40. The lowest BCUT2D eigenvalue weighted by atomic mass is 10.1. The molecule has 0 saturated carbocycles. The molecule has 1 N–H and O–H groups in total. The van der Waals surface area contributed by atoms with Crippen LogP contribution < -0.4 is 10.2 Å². The van der Waals surface area contributed by atoms with E-state index in [2.05, 4.69) is 5.32 Å². The van der Waals surface area contributed by atoms with Gasteiger partial charge in [-0.25, -0.2) is 4.79 Å². The molecule has 2 aromatic carbocycles. The van der Waals surface area contributed by atoms with Crippen molar-refractivity contribution in [3.05, 3.63) is 59.2 Å². The van der Waals surface area contributed by atoms with Gasteiger partial charge in [0.05, 0.1) is 5.69 Å². The predicted molar refractivity (Wildman–Crippen MR) is 107 cm³/mol. The van der Waals surface area contributed by atoms with Gasteiger partial charge in [-0.3, -0.25) is 9.69 Å². The summed E-state index contributed by atoms with van der Waals surface area (Å²) in [7, 11) is 0. The summed E-state index contributed by atoms with van der Waals surface area (Å²) in [5.74, 6) is -0.222. The standard InChI is InChI=1S/C22H26N2O3/c1-14-10-11-17(12-15(14)2)23-20(25)19-13-16-8-6-7-9-18(16)24(19)21(26)27-22(3,4)5/h6-12,19H,13H2,1-5H3,(H,23,25). The fraction of sp³-hybridized carbons (Fsp3) is 0.364. The van der Waals surface area contributed by atoms with Crippen LogP contribution in [0.25, 0.3) is 0 Å². The minimum atomic E-state index is -0.640. The summed E-state index contributed by atoms with van der Waals surface area (Å²) in [4.78, 5) is 27.3. The Morgan fingerprint density at radius 3 is 2.44 bits per heavy atom. The van der Waals surface area contributed by atoms with Gasteiger partial charge in [-0.05, 0) is 69.5 Å². The van der Waals surface area contributed by atoms with Gasteiger partial charge >= 0.3 is 6.09 Å². The molecule has 1 aliphatic heterocycles. The molecule has 5 heteroatoms. The average molecular weight is 366 g/mol. The molecule has 3 rings (SSSR count). The van der Waals surface area contributed by atoms with Crippen LogP contribution in [0.4, 0.5) is 16.2 Å². The first-order valence-corrected chi connectivity index (χ1v) is 9.14. The maximum atomic E-state index is 13.0. The summed E-state index contributed by atoms with van der Waals surface area (Å²) in [6, 6.07) is 12.7. The van der Waals surface area contributed by atoms with Crippen LogP contribution in [0.5, 0.6) is 0 Å². The Kier molecular flexibility index (Phi) is 4.96. The summed E-state index contributed by atoms with van der Waals surface area (Å²) in [6.45, 7) is 9.48. The van der Waals surface area contributed by atoms with E-state index >= 15 is 0 Å². The van der Waals surface area contributed by atoms with Crippen molar-refractivity contribution in [2.45, 2.75) is 52.7 Å². The summed E-state index contributed by atoms with van der Waals surface area (Å²) < 4.78 is 5.55. The zero-order valence-electron chi connectivity index (χ0n) is 16.5. The first-order chi connectivity index (χ1) is 12.7. The third-order valence-electron chi connectivity index (χ3n) is 4.64. The van der Waals surface area contributed by atoms with E-state index in [1.807, 2.05) is 77.1 Å². The number of carbonyl (C=O) groups excluding carboxylic acids is 2. The van der Waals surface area contributed by atoms with E-state index in [1.54, 1.807) is 0 Å². The van der Waals surface area contributed by atoms with Gasteiger partial charge in [-0.1, -0.05) is 24.3 Å². The Bertz CT molecular complexity index is 883. The fourth-order valence-corrected chi connectivity index (χ4v) is 3.18. The molecule has 2 amide bonds. The summed E-state index contributed by atoms with van der Waals surface area (Å²) >= 11 is 0. The number of rotatable bonds is 2. The van der Waals surface area contributed by atoms with E-state index in [9.17, 15) is 9.59 Å². The molecule has 0 fully saturated rings. The first kappa shape index (κ1) is 19.0. The topological polar surface area (TPSA) is 58.6 Å². The molecule has 0 bridgehead atoms. The maximum Gasteiger partial charge on any atom is 0.415 e. The SMILES string of the molecule is Cc1ccc(NC(=O)C2Cc3ccccc3N2C(=O)OC(C)(C)C)cc1C. The molecular formula is C22H26N2O3. The average Bonchev–Trinajstić information content (AvgIpc) is 2.96. The quantitative estimate of drug-likeness (QED) is 0.844. The van der Waals surface area contributed by atoms with Crippen molar-refractivity contribution in [3.63, 3.8) is 0 Å².